The summed E-state index contributed by atoms with van der Waals surface area (Å²) in [7, 11) is -3.45. The summed E-state index contributed by atoms with van der Waals surface area (Å²) >= 11 is 0. The van der Waals surface area contributed by atoms with Gasteiger partial charge in [0.15, 0.2) is 0 Å². The maximum Gasteiger partial charge on any atom is 0.221 e. The van der Waals surface area contributed by atoms with Crippen molar-refractivity contribution in [3.05, 3.63) is 48.3 Å². The smallest absolute Gasteiger partial charge is 0.221 e. The molecule has 0 spiro atoms. The van der Waals surface area contributed by atoms with Crippen molar-refractivity contribution in [2.45, 2.75) is 13.0 Å². The van der Waals surface area contributed by atoms with Gasteiger partial charge in [-0.2, -0.15) is 4.31 Å². The lowest BCUT2D eigenvalue weighted by Crippen LogP contribution is -2.34. The molecule has 0 aliphatic rings. The van der Waals surface area contributed by atoms with Crippen LogP contribution >= 0.6 is 0 Å². The van der Waals surface area contributed by atoms with Crippen molar-refractivity contribution in [3.8, 4) is 0 Å². The largest absolute Gasteiger partial charge is 0.353 e. The monoisotopic (exact) mass is 314 g/mol. The summed E-state index contributed by atoms with van der Waals surface area (Å²) in [5.41, 5.74) is 0.660. The Morgan fingerprint density at radius 1 is 1.38 bits per heavy atom. The van der Waals surface area contributed by atoms with Crippen molar-refractivity contribution in [2.75, 3.05) is 19.3 Å². The molecule has 0 heterocycles. The lowest BCUT2D eigenvalue weighted by atomic mass is 10.2. The molecule has 0 fully saturated rings. The second-order valence-corrected chi connectivity index (χ2v) is 6.55. The molecule has 7 heteroatoms. The van der Waals surface area contributed by atoms with Crippen LogP contribution in [0.3, 0.4) is 0 Å². The molecule has 1 aromatic carbocycles. The molecule has 0 radical (unpaired) electrons. The number of hydrogen-bond donors (Lipinski definition) is 1. The first-order valence-corrected chi connectivity index (χ1v) is 8.25. The molecule has 0 aliphatic heterocycles. The predicted molar refractivity (Wildman–Crippen MR) is 79.5 cm³/mol. The second-order valence-electron chi connectivity index (χ2n) is 4.57. The Balaban J connectivity index is 2.67. The zero-order valence-corrected chi connectivity index (χ0v) is 12.7. The van der Waals surface area contributed by atoms with Crippen LogP contribution in [0.4, 0.5) is 4.39 Å². The number of rotatable bonds is 8. The van der Waals surface area contributed by atoms with E-state index in [9.17, 15) is 17.6 Å². The summed E-state index contributed by atoms with van der Waals surface area (Å²) < 4.78 is 37.5. The molecule has 0 aromatic heterocycles. The molecular formula is C14H19FN2O3S. The Kier molecular flexibility index (Phi) is 6.51. The van der Waals surface area contributed by atoms with E-state index in [4.69, 9.17) is 0 Å². The number of carbonyl (C=O) groups excluding carboxylic acids is 1. The van der Waals surface area contributed by atoms with Gasteiger partial charge in [0.25, 0.3) is 0 Å². The number of amides is 1. The Hall–Kier alpha value is -1.73. The minimum atomic E-state index is -3.45. The fraction of sp³-hybridized carbons (Fsp3) is 0.357. The number of carbonyl (C=O) groups is 1. The van der Waals surface area contributed by atoms with E-state index in [-0.39, 0.29) is 31.2 Å². The third-order valence-electron chi connectivity index (χ3n) is 2.77. The van der Waals surface area contributed by atoms with Crippen LogP contribution in [0.5, 0.6) is 0 Å². The second kappa shape index (κ2) is 7.90. The molecule has 0 saturated carbocycles. The summed E-state index contributed by atoms with van der Waals surface area (Å²) in [5.74, 6) is -0.629. The number of sulfonamides is 1. The van der Waals surface area contributed by atoms with Gasteiger partial charge < -0.3 is 5.32 Å². The average molecular weight is 314 g/mol. The van der Waals surface area contributed by atoms with Crippen LogP contribution in [0.2, 0.25) is 0 Å². The van der Waals surface area contributed by atoms with Crippen LogP contribution in [0.15, 0.2) is 36.9 Å². The predicted octanol–water partition coefficient (Wildman–Crippen LogP) is 1.28. The molecular weight excluding hydrogens is 295 g/mol. The summed E-state index contributed by atoms with van der Waals surface area (Å²) in [6, 6.07) is 5.58. The Morgan fingerprint density at radius 2 is 2.00 bits per heavy atom. The van der Waals surface area contributed by atoms with Gasteiger partial charge >= 0.3 is 0 Å². The standard InChI is InChI=1S/C14H19FN2O3S/c1-3-9-16-14(18)8-10-17(21(2,19)20)11-12-4-6-13(15)7-5-12/h3-7H,1,8-11H2,2H3,(H,16,18). The third-order valence-corrected chi connectivity index (χ3v) is 4.02. The quantitative estimate of drug-likeness (QED) is 0.735. The number of nitrogens with one attached hydrogen (secondary N) is 1. The number of nitrogens with zero attached hydrogens (tertiary/aromatic N) is 1. The minimum absolute atomic E-state index is 0.0576. The SMILES string of the molecule is C=CCNC(=O)CCN(Cc1ccc(F)cc1)S(C)(=O)=O. The van der Waals surface area contributed by atoms with Crippen LogP contribution < -0.4 is 5.32 Å². The Bertz CT molecular complexity index is 585. The van der Waals surface area contributed by atoms with E-state index >= 15 is 0 Å². The van der Waals surface area contributed by atoms with Crippen molar-refractivity contribution in [1.82, 2.24) is 9.62 Å². The van der Waals surface area contributed by atoms with E-state index in [2.05, 4.69) is 11.9 Å². The topological polar surface area (TPSA) is 66.5 Å². The van der Waals surface area contributed by atoms with E-state index in [1.165, 1.54) is 28.6 Å². The molecule has 0 bridgehead atoms. The van der Waals surface area contributed by atoms with Gasteiger partial charge in [-0.15, -0.1) is 6.58 Å². The average Bonchev–Trinajstić information content (AvgIpc) is 2.41. The highest BCUT2D eigenvalue weighted by Crippen LogP contribution is 2.10. The van der Waals surface area contributed by atoms with Crippen LogP contribution in [0.25, 0.3) is 0 Å². The normalized spacial score (nSPS) is 11.4. The maximum atomic E-state index is 12.8. The van der Waals surface area contributed by atoms with Crippen molar-refractivity contribution in [3.63, 3.8) is 0 Å². The lowest BCUT2D eigenvalue weighted by molar-refractivity contribution is -0.121. The minimum Gasteiger partial charge on any atom is -0.353 e. The van der Waals surface area contributed by atoms with E-state index in [1.807, 2.05) is 0 Å². The fourth-order valence-corrected chi connectivity index (χ4v) is 2.46. The first-order valence-electron chi connectivity index (χ1n) is 6.40. The maximum absolute atomic E-state index is 12.8. The Morgan fingerprint density at radius 3 is 2.52 bits per heavy atom. The lowest BCUT2D eigenvalue weighted by Gasteiger charge is -2.19. The van der Waals surface area contributed by atoms with Crippen LogP contribution in [0, 0.1) is 5.82 Å². The van der Waals surface area contributed by atoms with Gasteiger partial charge in [0, 0.05) is 26.1 Å². The van der Waals surface area contributed by atoms with E-state index in [1.54, 1.807) is 6.08 Å². The van der Waals surface area contributed by atoms with Gasteiger partial charge in [-0.05, 0) is 17.7 Å². The fourth-order valence-electron chi connectivity index (χ4n) is 1.66. The van der Waals surface area contributed by atoms with Crippen molar-refractivity contribution in [2.24, 2.45) is 0 Å². The molecule has 116 valence electrons. The molecule has 0 aliphatic carbocycles. The molecule has 21 heavy (non-hydrogen) atoms. The van der Waals surface area contributed by atoms with Gasteiger partial charge in [-0.25, -0.2) is 12.8 Å². The molecule has 1 amide bonds. The first kappa shape index (κ1) is 17.3. The Labute approximate surface area is 124 Å². The first-order chi connectivity index (χ1) is 9.82. The van der Waals surface area contributed by atoms with Crippen molar-refractivity contribution in [1.29, 1.82) is 0 Å². The highest BCUT2D eigenvalue weighted by molar-refractivity contribution is 7.88. The van der Waals surface area contributed by atoms with E-state index < -0.39 is 10.0 Å². The molecule has 1 N–H and O–H groups in total. The summed E-state index contributed by atoms with van der Waals surface area (Å²) in [6.45, 7) is 3.99. The summed E-state index contributed by atoms with van der Waals surface area (Å²) in [5, 5.41) is 2.58. The van der Waals surface area contributed by atoms with Crippen LogP contribution in [-0.4, -0.2) is 38.0 Å². The van der Waals surface area contributed by atoms with Gasteiger partial charge in [0.2, 0.25) is 15.9 Å². The van der Waals surface area contributed by atoms with Crippen molar-refractivity contribution < 1.29 is 17.6 Å². The van der Waals surface area contributed by atoms with Gasteiger partial charge in [-0.1, -0.05) is 18.2 Å². The van der Waals surface area contributed by atoms with Crippen molar-refractivity contribution >= 4 is 15.9 Å². The van der Waals surface area contributed by atoms with Gasteiger partial charge in [-0.3, -0.25) is 4.79 Å². The molecule has 0 atom stereocenters. The number of halogens is 1. The molecule has 0 saturated heterocycles. The zero-order chi connectivity index (χ0) is 15.9. The highest BCUT2D eigenvalue weighted by atomic mass is 32.2. The van der Waals surface area contributed by atoms with Gasteiger partial charge in [0.1, 0.15) is 5.82 Å². The van der Waals surface area contributed by atoms with Gasteiger partial charge in [0.05, 0.1) is 6.26 Å². The van der Waals surface area contributed by atoms with E-state index in [0.717, 1.165) is 6.26 Å². The molecule has 0 unspecified atom stereocenters. The molecule has 5 nitrogen and oxygen atoms in total. The van der Waals surface area contributed by atoms with Crippen LogP contribution in [0.1, 0.15) is 12.0 Å². The van der Waals surface area contributed by atoms with Crippen LogP contribution in [-0.2, 0) is 21.4 Å². The summed E-state index contributed by atoms with van der Waals surface area (Å²) in [6.07, 6.45) is 2.69. The molecule has 1 aromatic rings. The number of benzene rings is 1. The van der Waals surface area contributed by atoms with E-state index in [0.29, 0.717) is 12.1 Å². The molecule has 1 rings (SSSR count). The summed E-state index contributed by atoms with van der Waals surface area (Å²) in [4.78, 5) is 11.5. The number of hydrogen-bond acceptors (Lipinski definition) is 3. The highest BCUT2D eigenvalue weighted by Gasteiger charge is 2.18. The third kappa shape index (κ3) is 6.50. The zero-order valence-electron chi connectivity index (χ0n) is 11.9.